The predicted octanol–water partition coefficient (Wildman–Crippen LogP) is 1.88. The van der Waals surface area contributed by atoms with Gasteiger partial charge >= 0.3 is 6.18 Å². The number of benzene rings is 1. The van der Waals surface area contributed by atoms with Crippen LogP contribution in [-0.4, -0.2) is 6.18 Å². The van der Waals surface area contributed by atoms with Crippen molar-refractivity contribution >= 4 is 0 Å². The zero-order valence-electron chi connectivity index (χ0n) is 8.31. The van der Waals surface area contributed by atoms with E-state index in [1.165, 1.54) is 12.1 Å². The number of rotatable bonds is 2. The van der Waals surface area contributed by atoms with Crippen LogP contribution in [0.15, 0.2) is 24.3 Å². The van der Waals surface area contributed by atoms with Crippen molar-refractivity contribution in [2.45, 2.75) is 25.2 Å². The third-order valence-electron chi connectivity index (χ3n) is 2.31. The van der Waals surface area contributed by atoms with Crippen LogP contribution < -0.4 is 11.5 Å². The van der Waals surface area contributed by atoms with E-state index in [-0.39, 0.29) is 5.56 Å². The summed E-state index contributed by atoms with van der Waals surface area (Å²) in [6.45, 7) is 1.91. The molecule has 0 radical (unpaired) electrons. The lowest BCUT2D eigenvalue weighted by Gasteiger charge is -2.27. The molecule has 1 aromatic carbocycles. The Hall–Kier alpha value is -1.07. The maximum atomic E-state index is 12.5. The number of hydrogen-bond donors (Lipinski definition) is 2. The molecule has 0 heterocycles. The molecule has 0 spiro atoms. The SMILES string of the molecule is CCc1ccc(C(N)(N)C(F)(F)F)cc1. The van der Waals surface area contributed by atoms with Gasteiger partial charge in [-0.1, -0.05) is 31.2 Å². The third kappa shape index (κ3) is 2.30. The van der Waals surface area contributed by atoms with Crippen LogP contribution >= 0.6 is 0 Å². The molecule has 0 aliphatic carbocycles. The number of alkyl halides is 3. The number of aryl methyl sites for hydroxylation is 1. The molecule has 1 rings (SSSR count). The van der Waals surface area contributed by atoms with Crippen molar-refractivity contribution in [1.82, 2.24) is 0 Å². The van der Waals surface area contributed by atoms with E-state index in [9.17, 15) is 13.2 Å². The molecule has 1 aromatic rings. The molecular formula is C10H13F3N2. The van der Waals surface area contributed by atoms with Crippen molar-refractivity contribution in [2.75, 3.05) is 0 Å². The van der Waals surface area contributed by atoms with E-state index >= 15 is 0 Å². The predicted molar refractivity (Wildman–Crippen MR) is 51.9 cm³/mol. The quantitative estimate of drug-likeness (QED) is 0.745. The zero-order valence-corrected chi connectivity index (χ0v) is 8.31. The molecule has 84 valence electrons. The first-order chi connectivity index (χ1) is 6.79. The Morgan fingerprint density at radius 2 is 1.53 bits per heavy atom. The van der Waals surface area contributed by atoms with E-state index in [4.69, 9.17) is 11.5 Å². The van der Waals surface area contributed by atoms with Crippen LogP contribution in [0.4, 0.5) is 13.2 Å². The maximum Gasteiger partial charge on any atom is 0.423 e. The van der Waals surface area contributed by atoms with Crippen molar-refractivity contribution < 1.29 is 13.2 Å². The molecule has 0 bridgehead atoms. The van der Waals surface area contributed by atoms with Gasteiger partial charge in [0.05, 0.1) is 0 Å². The van der Waals surface area contributed by atoms with Gasteiger partial charge in [0, 0.05) is 0 Å². The Labute approximate surface area is 86.1 Å². The molecule has 0 unspecified atom stereocenters. The molecule has 0 saturated heterocycles. The van der Waals surface area contributed by atoms with E-state index < -0.39 is 11.8 Å². The fraction of sp³-hybridized carbons (Fsp3) is 0.400. The van der Waals surface area contributed by atoms with Crippen LogP contribution in [0.25, 0.3) is 0 Å². The summed E-state index contributed by atoms with van der Waals surface area (Å²) in [4.78, 5) is 0. The van der Waals surface area contributed by atoms with Crippen molar-refractivity contribution in [1.29, 1.82) is 0 Å². The average molecular weight is 218 g/mol. The summed E-state index contributed by atoms with van der Waals surface area (Å²) in [5.74, 6) is 0. The molecule has 0 atom stereocenters. The Kier molecular flexibility index (Phi) is 3.06. The summed E-state index contributed by atoms with van der Waals surface area (Å²) < 4.78 is 37.4. The first kappa shape index (κ1) is 12.0. The third-order valence-corrected chi connectivity index (χ3v) is 2.31. The lowest BCUT2D eigenvalue weighted by Crippen LogP contribution is -2.57. The summed E-state index contributed by atoms with van der Waals surface area (Å²) in [5, 5.41) is 0. The topological polar surface area (TPSA) is 52.0 Å². The lowest BCUT2D eigenvalue weighted by atomic mass is 9.99. The monoisotopic (exact) mass is 218 g/mol. The second kappa shape index (κ2) is 3.83. The highest BCUT2D eigenvalue weighted by Crippen LogP contribution is 2.32. The first-order valence-corrected chi connectivity index (χ1v) is 4.53. The summed E-state index contributed by atoms with van der Waals surface area (Å²) in [6, 6.07) is 5.81. The van der Waals surface area contributed by atoms with Gasteiger partial charge in [-0.3, -0.25) is 0 Å². The molecular weight excluding hydrogens is 205 g/mol. The van der Waals surface area contributed by atoms with Gasteiger partial charge in [0.15, 0.2) is 5.66 Å². The number of halogens is 3. The molecule has 0 aliphatic heterocycles. The van der Waals surface area contributed by atoms with Crippen LogP contribution in [0.3, 0.4) is 0 Å². The van der Waals surface area contributed by atoms with E-state index in [1.807, 2.05) is 6.92 Å². The van der Waals surface area contributed by atoms with E-state index in [0.29, 0.717) is 0 Å². The van der Waals surface area contributed by atoms with E-state index in [0.717, 1.165) is 12.0 Å². The second-order valence-electron chi connectivity index (χ2n) is 3.42. The number of nitrogens with two attached hydrogens (primary N) is 2. The van der Waals surface area contributed by atoms with Crippen LogP contribution in [0.1, 0.15) is 18.1 Å². The van der Waals surface area contributed by atoms with Gasteiger partial charge in [0.2, 0.25) is 0 Å². The maximum absolute atomic E-state index is 12.5. The van der Waals surface area contributed by atoms with E-state index in [1.54, 1.807) is 12.1 Å². The molecule has 0 amide bonds. The Morgan fingerprint density at radius 1 is 1.07 bits per heavy atom. The largest absolute Gasteiger partial charge is 0.423 e. The normalized spacial score (nSPS) is 12.9. The van der Waals surface area contributed by atoms with Crippen molar-refractivity contribution in [3.05, 3.63) is 35.4 Å². The van der Waals surface area contributed by atoms with Gasteiger partial charge in [0.1, 0.15) is 0 Å². The minimum absolute atomic E-state index is 0.132. The van der Waals surface area contributed by atoms with Gasteiger partial charge in [-0.25, -0.2) is 0 Å². The molecule has 15 heavy (non-hydrogen) atoms. The summed E-state index contributed by atoms with van der Waals surface area (Å²) >= 11 is 0. The smallest absolute Gasteiger partial charge is 0.302 e. The molecule has 2 nitrogen and oxygen atoms in total. The van der Waals surface area contributed by atoms with Gasteiger partial charge in [0.25, 0.3) is 0 Å². The Morgan fingerprint density at radius 3 is 1.87 bits per heavy atom. The molecule has 0 aromatic heterocycles. The zero-order chi connectivity index (χ0) is 11.7. The van der Waals surface area contributed by atoms with Gasteiger partial charge in [-0.2, -0.15) is 13.2 Å². The van der Waals surface area contributed by atoms with Crippen LogP contribution in [0.5, 0.6) is 0 Å². The minimum Gasteiger partial charge on any atom is -0.302 e. The van der Waals surface area contributed by atoms with Crippen molar-refractivity contribution in [3.8, 4) is 0 Å². The van der Waals surface area contributed by atoms with Crippen LogP contribution in [0, 0.1) is 0 Å². The second-order valence-corrected chi connectivity index (χ2v) is 3.42. The first-order valence-electron chi connectivity index (χ1n) is 4.53. The summed E-state index contributed by atoms with van der Waals surface area (Å²) in [7, 11) is 0. The molecule has 4 N–H and O–H groups in total. The van der Waals surface area contributed by atoms with E-state index in [2.05, 4.69) is 0 Å². The Balaban J connectivity index is 3.06. The van der Waals surface area contributed by atoms with Crippen LogP contribution in [-0.2, 0) is 12.1 Å². The highest BCUT2D eigenvalue weighted by atomic mass is 19.4. The van der Waals surface area contributed by atoms with Crippen LogP contribution in [0.2, 0.25) is 0 Å². The molecule has 0 aliphatic rings. The molecule has 5 heteroatoms. The van der Waals surface area contributed by atoms with Gasteiger partial charge < -0.3 is 11.5 Å². The Bertz CT molecular complexity index is 328. The summed E-state index contributed by atoms with van der Waals surface area (Å²) in [6.07, 6.45) is -3.89. The fourth-order valence-electron chi connectivity index (χ4n) is 1.18. The molecule has 0 fully saturated rings. The minimum atomic E-state index is -4.65. The lowest BCUT2D eigenvalue weighted by molar-refractivity contribution is -0.188. The number of hydrogen-bond acceptors (Lipinski definition) is 2. The average Bonchev–Trinajstić information content (AvgIpc) is 2.16. The van der Waals surface area contributed by atoms with Gasteiger partial charge in [-0.15, -0.1) is 0 Å². The van der Waals surface area contributed by atoms with Crippen molar-refractivity contribution in [2.24, 2.45) is 11.5 Å². The highest BCUT2D eigenvalue weighted by molar-refractivity contribution is 5.28. The summed E-state index contributed by atoms with van der Waals surface area (Å²) in [5.41, 5.74) is 8.15. The standard InChI is InChI=1S/C10H13F3N2/c1-2-7-3-5-8(6-4-7)9(14,15)10(11,12)13/h3-6H,2,14-15H2,1H3. The van der Waals surface area contributed by atoms with Crippen molar-refractivity contribution in [3.63, 3.8) is 0 Å². The highest BCUT2D eigenvalue weighted by Gasteiger charge is 2.50. The van der Waals surface area contributed by atoms with Gasteiger partial charge in [-0.05, 0) is 17.5 Å². The molecule has 0 saturated carbocycles. The fourth-order valence-corrected chi connectivity index (χ4v) is 1.18.